The van der Waals surface area contributed by atoms with Crippen LogP contribution in [0.15, 0.2) is 35.3 Å². The van der Waals surface area contributed by atoms with E-state index in [0.717, 1.165) is 38.6 Å². The summed E-state index contributed by atoms with van der Waals surface area (Å²) in [7, 11) is 1.68. The van der Waals surface area contributed by atoms with Gasteiger partial charge in [0.1, 0.15) is 0 Å². The van der Waals surface area contributed by atoms with E-state index in [-0.39, 0.29) is 0 Å². The first-order valence-corrected chi connectivity index (χ1v) is 8.41. The molecular formula is C18H31N3O2. The van der Waals surface area contributed by atoms with Crippen LogP contribution in [0.25, 0.3) is 0 Å². The maximum atomic E-state index is 5.45. The van der Waals surface area contributed by atoms with E-state index in [9.17, 15) is 0 Å². The molecule has 1 unspecified atom stereocenters. The van der Waals surface area contributed by atoms with Crippen molar-refractivity contribution >= 4 is 5.96 Å². The van der Waals surface area contributed by atoms with Gasteiger partial charge in [-0.25, -0.2) is 0 Å². The summed E-state index contributed by atoms with van der Waals surface area (Å²) >= 11 is 0. The highest BCUT2D eigenvalue weighted by atomic mass is 16.5. The molecular weight excluding hydrogens is 290 g/mol. The molecule has 1 aromatic carbocycles. The minimum Gasteiger partial charge on any atom is -0.382 e. The number of hydrogen-bond acceptors (Lipinski definition) is 3. The molecule has 0 bridgehead atoms. The average Bonchev–Trinajstić information content (AvgIpc) is 2.59. The molecule has 5 heteroatoms. The summed E-state index contributed by atoms with van der Waals surface area (Å²) in [5.74, 6) is 1.27. The van der Waals surface area contributed by atoms with Gasteiger partial charge in [-0.2, -0.15) is 0 Å². The lowest BCUT2D eigenvalue weighted by Crippen LogP contribution is -2.38. The minimum atomic E-state index is 0.407. The van der Waals surface area contributed by atoms with Crippen LogP contribution in [0.3, 0.4) is 0 Å². The number of benzene rings is 1. The Bertz CT molecular complexity index is 424. The summed E-state index contributed by atoms with van der Waals surface area (Å²) in [6.07, 6.45) is 0.947. The van der Waals surface area contributed by atoms with Crippen LogP contribution in [0.4, 0.5) is 0 Å². The first-order chi connectivity index (χ1) is 11.3. The van der Waals surface area contributed by atoms with Crippen LogP contribution in [0.2, 0.25) is 0 Å². The summed E-state index contributed by atoms with van der Waals surface area (Å²) in [4.78, 5) is 4.67. The number of hydrogen-bond donors (Lipinski definition) is 2. The fourth-order valence-corrected chi connectivity index (χ4v) is 2.08. The Balaban J connectivity index is 2.29. The van der Waals surface area contributed by atoms with Gasteiger partial charge in [0.2, 0.25) is 0 Å². The summed E-state index contributed by atoms with van der Waals surface area (Å²) in [6, 6.07) is 10.5. The zero-order valence-electron chi connectivity index (χ0n) is 14.7. The Labute approximate surface area is 140 Å². The molecule has 1 atom stereocenters. The molecule has 0 radical (unpaired) electrons. The Morgan fingerprint density at radius 3 is 2.61 bits per heavy atom. The standard InChI is InChI=1S/C18H31N3O2/c1-4-19-18(20-11-8-12-23-14-13-22-3)21-15-16(2)17-9-6-5-7-10-17/h5-7,9-10,16H,4,8,11-15H2,1-3H3,(H2,19,20,21). The van der Waals surface area contributed by atoms with Crippen molar-refractivity contribution in [2.24, 2.45) is 4.99 Å². The van der Waals surface area contributed by atoms with Crippen molar-refractivity contribution < 1.29 is 9.47 Å². The molecule has 2 N–H and O–H groups in total. The molecule has 0 spiro atoms. The van der Waals surface area contributed by atoms with Crippen LogP contribution < -0.4 is 10.6 Å². The van der Waals surface area contributed by atoms with Crippen LogP contribution in [0.1, 0.15) is 31.7 Å². The van der Waals surface area contributed by atoms with Crippen LogP contribution in [0.5, 0.6) is 0 Å². The van der Waals surface area contributed by atoms with Crippen LogP contribution >= 0.6 is 0 Å². The number of aliphatic imine (C=N–C) groups is 1. The third-order valence-corrected chi connectivity index (χ3v) is 3.43. The highest BCUT2D eigenvalue weighted by Crippen LogP contribution is 2.14. The van der Waals surface area contributed by atoms with Crippen molar-refractivity contribution in [1.29, 1.82) is 0 Å². The Morgan fingerprint density at radius 1 is 1.13 bits per heavy atom. The number of methoxy groups -OCH3 is 1. The van der Waals surface area contributed by atoms with Gasteiger partial charge in [0.25, 0.3) is 0 Å². The lowest BCUT2D eigenvalue weighted by Gasteiger charge is -2.14. The van der Waals surface area contributed by atoms with E-state index in [1.54, 1.807) is 7.11 Å². The maximum absolute atomic E-state index is 5.45. The lowest BCUT2D eigenvalue weighted by molar-refractivity contribution is 0.0698. The number of rotatable bonds is 11. The zero-order chi connectivity index (χ0) is 16.8. The summed E-state index contributed by atoms with van der Waals surface area (Å²) in [6.45, 7) is 8.78. The normalized spacial score (nSPS) is 12.9. The molecule has 0 aliphatic rings. The second-order valence-corrected chi connectivity index (χ2v) is 5.42. The molecule has 0 saturated carbocycles. The number of guanidine groups is 1. The number of nitrogens with one attached hydrogen (secondary N) is 2. The van der Waals surface area contributed by atoms with Crippen molar-refractivity contribution in [3.63, 3.8) is 0 Å². The van der Waals surface area contributed by atoms with Crippen LogP contribution in [0, 0.1) is 0 Å². The molecule has 0 amide bonds. The molecule has 0 aromatic heterocycles. The summed E-state index contributed by atoms with van der Waals surface area (Å²) in [5.41, 5.74) is 1.32. The Kier molecular flexibility index (Phi) is 10.9. The largest absolute Gasteiger partial charge is 0.382 e. The first kappa shape index (κ1) is 19.5. The fraction of sp³-hybridized carbons (Fsp3) is 0.611. The predicted molar refractivity (Wildman–Crippen MR) is 96.2 cm³/mol. The third kappa shape index (κ3) is 9.21. The monoisotopic (exact) mass is 321 g/mol. The summed E-state index contributed by atoms with van der Waals surface area (Å²) < 4.78 is 10.4. The smallest absolute Gasteiger partial charge is 0.191 e. The van der Waals surface area contributed by atoms with Crippen molar-refractivity contribution in [3.8, 4) is 0 Å². The van der Waals surface area contributed by atoms with Gasteiger partial charge in [-0.3, -0.25) is 4.99 Å². The minimum absolute atomic E-state index is 0.407. The molecule has 0 aliphatic carbocycles. The van der Waals surface area contributed by atoms with Crippen molar-refractivity contribution in [3.05, 3.63) is 35.9 Å². The SMILES string of the molecule is CCNC(=NCC(C)c1ccccc1)NCCCOCCOC. The second kappa shape index (κ2) is 12.9. The number of ether oxygens (including phenoxy) is 2. The maximum Gasteiger partial charge on any atom is 0.191 e. The third-order valence-electron chi connectivity index (χ3n) is 3.43. The van der Waals surface area contributed by atoms with Crippen LogP contribution in [-0.2, 0) is 9.47 Å². The van der Waals surface area contributed by atoms with Gasteiger partial charge >= 0.3 is 0 Å². The van der Waals surface area contributed by atoms with E-state index in [0.29, 0.717) is 19.1 Å². The van der Waals surface area contributed by atoms with Crippen molar-refractivity contribution in [2.75, 3.05) is 46.6 Å². The van der Waals surface area contributed by atoms with Crippen molar-refractivity contribution in [2.45, 2.75) is 26.2 Å². The molecule has 1 aromatic rings. The van der Waals surface area contributed by atoms with Crippen molar-refractivity contribution in [1.82, 2.24) is 10.6 Å². The van der Waals surface area contributed by atoms with E-state index in [1.807, 2.05) is 6.07 Å². The highest BCUT2D eigenvalue weighted by molar-refractivity contribution is 5.79. The molecule has 0 heterocycles. The van der Waals surface area contributed by atoms with E-state index < -0.39 is 0 Å². The Hall–Kier alpha value is -1.59. The van der Waals surface area contributed by atoms with E-state index in [2.05, 4.69) is 53.7 Å². The van der Waals surface area contributed by atoms with Gasteiger partial charge in [0.05, 0.1) is 13.2 Å². The summed E-state index contributed by atoms with van der Waals surface area (Å²) in [5, 5.41) is 6.62. The van der Waals surface area contributed by atoms with E-state index >= 15 is 0 Å². The highest BCUT2D eigenvalue weighted by Gasteiger charge is 2.04. The topological polar surface area (TPSA) is 54.9 Å². The Morgan fingerprint density at radius 2 is 1.91 bits per heavy atom. The molecule has 23 heavy (non-hydrogen) atoms. The fourth-order valence-electron chi connectivity index (χ4n) is 2.08. The van der Waals surface area contributed by atoms with Gasteiger partial charge in [-0.05, 0) is 18.9 Å². The van der Waals surface area contributed by atoms with Crippen LogP contribution in [-0.4, -0.2) is 52.5 Å². The molecule has 0 aliphatic heterocycles. The van der Waals surface area contributed by atoms with Gasteiger partial charge in [-0.1, -0.05) is 37.3 Å². The van der Waals surface area contributed by atoms with Gasteiger partial charge in [0.15, 0.2) is 5.96 Å². The van der Waals surface area contributed by atoms with Gasteiger partial charge in [-0.15, -0.1) is 0 Å². The molecule has 1 rings (SSSR count). The van der Waals surface area contributed by atoms with E-state index in [1.165, 1.54) is 5.56 Å². The van der Waals surface area contributed by atoms with E-state index in [4.69, 9.17) is 9.47 Å². The van der Waals surface area contributed by atoms with Gasteiger partial charge in [0, 0.05) is 39.3 Å². The predicted octanol–water partition coefficient (Wildman–Crippen LogP) is 2.40. The second-order valence-electron chi connectivity index (χ2n) is 5.42. The average molecular weight is 321 g/mol. The molecule has 130 valence electrons. The first-order valence-electron chi connectivity index (χ1n) is 8.41. The molecule has 5 nitrogen and oxygen atoms in total. The molecule has 0 fully saturated rings. The lowest BCUT2D eigenvalue weighted by atomic mass is 10.0. The zero-order valence-corrected chi connectivity index (χ0v) is 14.7. The van der Waals surface area contributed by atoms with Gasteiger partial charge < -0.3 is 20.1 Å². The number of nitrogens with zero attached hydrogens (tertiary/aromatic N) is 1. The quantitative estimate of drug-likeness (QED) is 0.373. The molecule has 0 saturated heterocycles.